The molecule has 0 aliphatic carbocycles. The van der Waals surface area contributed by atoms with Gasteiger partial charge in [0.25, 0.3) is 0 Å². The molecule has 0 amide bonds. The molecule has 1 rings (SSSR count). The van der Waals surface area contributed by atoms with Gasteiger partial charge in [-0.3, -0.25) is 0 Å². The lowest BCUT2D eigenvalue weighted by atomic mass is 10.2. The third kappa shape index (κ3) is 5.18. The fourth-order valence-corrected chi connectivity index (χ4v) is 6.36. The predicted molar refractivity (Wildman–Crippen MR) is 97.1 cm³/mol. The lowest BCUT2D eigenvalue weighted by Gasteiger charge is -2.26. The summed E-state index contributed by atoms with van der Waals surface area (Å²) < 4.78 is 49.5. The third-order valence-corrected chi connectivity index (χ3v) is 10.3. The lowest BCUT2D eigenvalue weighted by molar-refractivity contribution is 0.0597. The second-order valence-corrected chi connectivity index (χ2v) is 11.0. The number of carbonyl (C=O) groups is 1. The Morgan fingerprint density at radius 2 is 1.48 bits per heavy atom. The molecule has 0 saturated carbocycles. The van der Waals surface area contributed by atoms with Crippen molar-refractivity contribution in [3.05, 3.63) is 29.8 Å². The Labute approximate surface area is 149 Å². The average Bonchev–Trinajstić information content (AvgIpc) is 2.60. The van der Waals surface area contributed by atoms with Crippen LogP contribution in [0.4, 0.5) is 0 Å². The van der Waals surface area contributed by atoms with E-state index in [0.29, 0.717) is 0 Å². The van der Waals surface area contributed by atoms with Crippen LogP contribution in [-0.4, -0.2) is 50.6 Å². The summed E-state index contributed by atoms with van der Waals surface area (Å²) in [5, 5.41) is 9.11. The molecule has 0 fully saturated rings. The van der Waals surface area contributed by atoms with E-state index in [1.807, 2.05) is 0 Å². The van der Waals surface area contributed by atoms with Crippen LogP contribution in [0.15, 0.2) is 24.3 Å². The summed E-state index contributed by atoms with van der Waals surface area (Å²) in [6, 6.07) is 6.24. The Bertz CT molecular complexity index is 746. The number of aromatic hydroxyl groups is 1. The van der Waals surface area contributed by atoms with Crippen LogP contribution in [0.5, 0.6) is 5.75 Å². The van der Waals surface area contributed by atoms with Crippen molar-refractivity contribution in [3.63, 3.8) is 0 Å². The minimum Gasteiger partial charge on any atom is -0.507 e. The van der Waals surface area contributed by atoms with Crippen LogP contribution in [0.25, 0.3) is 0 Å². The maximum absolute atomic E-state index is 11.7. The quantitative estimate of drug-likeness (QED) is 0.735. The maximum Gasteiger partial charge on any atom is 0.341 e. The van der Waals surface area contributed by atoms with Crippen LogP contribution in [0.2, 0.25) is 0 Å². The topological polar surface area (TPSA) is 115 Å². The molecule has 0 aliphatic heterocycles. The van der Waals surface area contributed by atoms with Crippen LogP contribution < -0.4 is 0 Å². The van der Waals surface area contributed by atoms with Crippen LogP contribution in [0.1, 0.15) is 44.5 Å². The van der Waals surface area contributed by atoms with Crippen molar-refractivity contribution < 1.29 is 31.5 Å². The molecular weight excluding hydrogens is 368 g/mol. The summed E-state index contributed by atoms with van der Waals surface area (Å²) in [5.74, 6) is -0.866. The van der Waals surface area contributed by atoms with Crippen molar-refractivity contribution >= 4 is 25.6 Å². The molecule has 0 spiro atoms. The van der Waals surface area contributed by atoms with Crippen molar-refractivity contribution in [1.82, 2.24) is 0 Å². The number of hydrogen-bond acceptors (Lipinski definition) is 7. The Morgan fingerprint density at radius 1 is 1.04 bits per heavy atom. The first-order valence-electron chi connectivity index (χ1n) is 7.74. The fraction of sp³-hybridized carbons (Fsp3) is 0.562. The molecule has 0 unspecified atom stereocenters. The summed E-state index contributed by atoms with van der Waals surface area (Å²) >= 11 is 0. The van der Waals surface area contributed by atoms with Crippen LogP contribution in [0.3, 0.4) is 0 Å². The minimum atomic E-state index is -3.57. The highest BCUT2D eigenvalue weighted by atomic mass is 32.3. The number of rotatable bonds is 6. The van der Waals surface area contributed by atoms with E-state index >= 15 is 0 Å². The molecule has 1 N–H and O–H groups in total. The number of phenols is 1. The first kappa shape index (κ1) is 23.4. The highest BCUT2D eigenvalue weighted by Crippen LogP contribution is 2.29. The summed E-state index contributed by atoms with van der Waals surface area (Å²) in [5.41, 5.74) is 0.190. The van der Waals surface area contributed by atoms with E-state index in [-0.39, 0.29) is 29.2 Å². The Kier molecular flexibility index (Phi) is 8.60. The number of para-hydroxylation sites is 1. The van der Waals surface area contributed by atoms with Gasteiger partial charge in [0.1, 0.15) is 11.3 Å². The van der Waals surface area contributed by atoms with Crippen molar-refractivity contribution in [1.29, 1.82) is 0 Å². The zero-order chi connectivity index (χ0) is 19.9. The summed E-state index contributed by atoms with van der Waals surface area (Å²) in [4.78, 5) is 10.9. The second-order valence-electron chi connectivity index (χ2n) is 5.30. The number of methoxy groups -OCH3 is 1. The van der Waals surface area contributed by atoms with Gasteiger partial charge in [-0.1, -0.05) is 32.9 Å². The second kappa shape index (κ2) is 9.19. The number of carbonyl (C=O) groups excluding carboxylic acids is 1. The van der Waals surface area contributed by atoms with Gasteiger partial charge in [-0.05, 0) is 25.5 Å². The molecule has 0 bridgehead atoms. The number of ether oxygens (including phenoxy) is 1. The molecule has 0 aliphatic rings. The Morgan fingerprint density at radius 3 is 1.80 bits per heavy atom. The zero-order valence-electron chi connectivity index (χ0n) is 15.1. The number of phenolic OH excluding ortho intramolecular Hbond substituents is 1. The van der Waals surface area contributed by atoms with Gasteiger partial charge in [0.2, 0.25) is 0 Å². The van der Waals surface area contributed by atoms with Crippen molar-refractivity contribution in [2.24, 2.45) is 0 Å². The van der Waals surface area contributed by atoms with Crippen LogP contribution in [-0.2, 0) is 24.4 Å². The largest absolute Gasteiger partial charge is 0.507 e. The normalized spacial score (nSPS) is 12.0. The molecule has 1 aromatic carbocycles. The third-order valence-electron chi connectivity index (χ3n) is 4.03. The molecular formula is C16H26O7S2. The molecule has 144 valence electrons. The number of benzene rings is 1. The lowest BCUT2D eigenvalue weighted by Crippen LogP contribution is -2.44. The zero-order valence-corrected chi connectivity index (χ0v) is 16.8. The van der Waals surface area contributed by atoms with Gasteiger partial charge in [0.05, 0.1) is 7.11 Å². The van der Waals surface area contributed by atoms with Gasteiger partial charge in [0, 0.05) is 11.5 Å². The number of hydrogen-bond donors (Lipinski definition) is 1. The molecule has 0 saturated heterocycles. The van der Waals surface area contributed by atoms with Gasteiger partial charge in [-0.25, -0.2) is 21.6 Å². The molecule has 9 heteroatoms. The molecule has 0 radical (unpaired) electrons. The molecule has 0 heterocycles. The van der Waals surface area contributed by atoms with Gasteiger partial charge in [0.15, 0.2) is 23.8 Å². The molecule has 0 aromatic heterocycles. The summed E-state index contributed by atoms with van der Waals surface area (Å²) in [6.45, 7) is 5.81. The number of sulfone groups is 2. The van der Waals surface area contributed by atoms with Crippen LogP contribution >= 0.6 is 0 Å². The van der Waals surface area contributed by atoms with Gasteiger partial charge in [-0.2, -0.15) is 0 Å². The smallest absolute Gasteiger partial charge is 0.341 e. The molecule has 7 nitrogen and oxygen atoms in total. The maximum atomic E-state index is 11.7. The minimum absolute atomic E-state index is 0.0562. The van der Waals surface area contributed by atoms with E-state index in [9.17, 15) is 21.6 Å². The highest BCUT2D eigenvalue weighted by Gasteiger charge is 2.47. The first-order chi connectivity index (χ1) is 11.4. The van der Waals surface area contributed by atoms with E-state index < -0.39 is 29.7 Å². The predicted octanol–water partition coefficient (Wildman–Crippen LogP) is 2.16. The Balaban J connectivity index is 0.000000472. The van der Waals surface area contributed by atoms with Gasteiger partial charge in [-0.15, -0.1) is 0 Å². The van der Waals surface area contributed by atoms with E-state index in [2.05, 4.69) is 4.74 Å². The Hall–Kier alpha value is -1.61. The highest BCUT2D eigenvalue weighted by molar-refractivity contribution is 8.10. The molecule has 0 atom stereocenters. The summed E-state index contributed by atoms with van der Waals surface area (Å²) in [6.07, 6.45) is 0.0966. The average molecular weight is 395 g/mol. The molecule has 25 heavy (non-hydrogen) atoms. The van der Waals surface area contributed by atoms with E-state index in [4.69, 9.17) is 5.11 Å². The van der Waals surface area contributed by atoms with Crippen molar-refractivity contribution in [2.75, 3.05) is 18.6 Å². The van der Waals surface area contributed by atoms with Gasteiger partial charge >= 0.3 is 5.97 Å². The van der Waals surface area contributed by atoms with Crippen LogP contribution in [0, 0.1) is 0 Å². The van der Waals surface area contributed by atoms with Gasteiger partial charge < -0.3 is 9.84 Å². The standard InChI is InChI=1S/C8H18O4S2.C8H8O3/c1-5-8(4,13(9,10)6-2)14(11,12)7-3;1-11-8(10)6-4-2-3-5-7(6)9/h5-7H2,1-4H3;2-5,9H,1H3. The van der Waals surface area contributed by atoms with E-state index in [1.165, 1.54) is 40.0 Å². The SMILES string of the molecule is CCC(C)(S(=O)(=O)CC)S(=O)(=O)CC.COC(=O)c1ccccc1O. The number of esters is 1. The monoisotopic (exact) mass is 394 g/mol. The van der Waals surface area contributed by atoms with E-state index in [1.54, 1.807) is 19.1 Å². The summed E-state index contributed by atoms with van der Waals surface area (Å²) in [7, 11) is -5.86. The van der Waals surface area contributed by atoms with E-state index in [0.717, 1.165) is 0 Å². The van der Waals surface area contributed by atoms with Crippen molar-refractivity contribution in [3.8, 4) is 5.75 Å². The fourth-order valence-electron chi connectivity index (χ4n) is 2.00. The first-order valence-corrected chi connectivity index (χ1v) is 11.0. The molecule has 1 aromatic rings. The van der Waals surface area contributed by atoms with Crippen molar-refractivity contribution in [2.45, 2.75) is 38.2 Å².